The van der Waals surface area contributed by atoms with Crippen LogP contribution < -0.4 is 5.32 Å². The van der Waals surface area contributed by atoms with Crippen molar-refractivity contribution in [3.63, 3.8) is 0 Å². The molecule has 3 N–H and O–H groups in total. The highest BCUT2D eigenvalue weighted by atomic mass is 16.3. The molecule has 1 saturated heterocycles. The summed E-state index contributed by atoms with van der Waals surface area (Å²) in [5.41, 5.74) is 3.28. The first-order chi connectivity index (χ1) is 16.3. The fourth-order valence-corrected chi connectivity index (χ4v) is 3.97. The summed E-state index contributed by atoms with van der Waals surface area (Å²) < 4.78 is 0. The van der Waals surface area contributed by atoms with Gasteiger partial charge < -0.3 is 20.4 Å². The molecule has 1 amide bonds. The van der Waals surface area contributed by atoms with Crippen molar-refractivity contribution in [2.75, 3.05) is 33.8 Å². The highest BCUT2D eigenvalue weighted by molar-refractivity contribution is 5.98. The molecule has 3 atom stereocenters. The minimum absolute atomic E-state index is 0.338. The molecular weight excluding hydrogens is 430 g/mol. The van der Waals surface area contributed by atoms with Crippen LogP contribution in [0, 0.1) is 11.8 Å². The van der Waals surface area contributed by atoms with E-state index in [0.717, 1.165) is 30.8 Å². The Morgan fingerprint density at radius 3 is 2.18 bits per heavy atom. The maximum atomic E-state index is 12.4. The third-order valence-corrected chi connectivity index (χ3v) is 6.11. The minimum atomic E-state index is -1.15. The van der Waals surface area contributed by atoms with Gasteiger partial charge in [0, 0.05) is 42.4 Å². The third-order valence-electron chi connectivity index (χ3n) is 6.11. The van der Waals surface area contributed by atoms with Crippen molar-refractivity contribution in [1.29, 1.82) is 0 Å². The molecule has 2 aromatic rings. The topological polar surface area (TPSA) is 93.1 Å². The Labute approximate surface area is 201 Å². The number of nitrogens with zero attached hydrogens (tertiary/aromatic N) is 2. The second-order valence-corrected chi connectivity index (χ2v) is 8.98. The lowest BCUT2D eigenvalue weighted by molar-refractivity contribution is -0.125. The van der Waals surface area contributed by atoms with E-state index in [9.17, 15) is 14.7 Å². The third kappa shape index (κ3) is 6.99. The first-order valence-corrected chi connectivity index (χ1v) is 11.5. The molecular formula is C27H33N3O4. The van der Waals surface area contributed by atoms with E-state index in [0.29, 0.717) is 11.6 Å². The van der Waals surface area contributed by atoms with Gasteiger partial charge in [-0.2, -0.15) is 0 Å². The van der Waals surface area contributed by atoms with E-state index in [1.807, 2.05) is 12.1 Å². The molecule has 0 saturated carbocycles. The quantitative estimate of drug-likeness (QED) is 0.511. The zero-order valence-corrected chi connectivity index (χ0v) is 20.0. The average molecular weight is 464 g/mol. The molecule has 7 nitrogen and oxygen atoms in total. The predicted molar refractivity (Wildman–Crippen MR) is 131 cm³/mol. The van der Waals surface area contributed by atoms with Crippen molar-refractivity contribution in [2.24, 2.45) is 0 Å². The maximum absolute atomic E-state index is 12.4. The van der Waals surface area contributed by atoms with Gasteiger partial charge in [-0.3, -0.25) is 14.5 Å². The van der Waals surface area contributed by atoms with Crippen LogP contribution in [0.4, 0.5) is 0 Å². The fraction of sp³-hybridized carbons (Fsp3) is 0.407. The number of aliphatic hydroxyl groups is 2. The normalized spacial score (nSPS) is 17.6. The van der Waals surface area contributed by atoms with Crippen LogP contribution in [0.5, 0.6) is 0 Å². The van der Waals surface area contributed by atoms with Crippen LogP contribution in [-0.2, 0) is 11.3 Å². The molecule has 7 heteroatoms. The SMILES string of the molecule is C[C@@H](O)[C@H](NC(=O)c1ccc(C#Cc2ccc(CN3CC[C@H](N(C)C)C3)cc2)cc1)C(=O)CO. The van der Waals surface area contributed by atoms with Crippen molar-refractivity contribution in [1.82, 2.24) is 15.1 Å². The number of hydrogen-bond acceptors (Lipinski definition) is 6. The van der Waals surface area contributed by atoms with Crippen LogP contribution in [0.1, 0.15) is 40.4 Å². The van der Waals surface area contributed by atoms with E-state index >= 15 is 0 Å². The molecule has 1 fully saturated rings. The van der Waals surface area contributed by atoms with Crippen molar-refractivity contribution in [3.05, 3.63) is 70.8 Å². The molecule has 1 heterocycles. The zero-order chi connectivity index (χ0) is 24.7. The van der Waals surface area contributed by atoms with Crippen molar-refractivity contribution >= 4 is 11.7 Å². The minimum Gasteiger partial charge on any atom is -0.391 e. The number of benzene rings is 2. The molecule has 1 aliphatic heterocycles. The number of aliphatic hydroxyl groups excluding tert-OH is 2. The number of carbonyl (C=O) groups excluding carboxylic acids is 2. The second-order valence-electron chi connectivity index (χ2n) is 8.98. The van der Waals surface area contributed by atoms with Gasteiger partial charge in [0.05, 0.1) is 6.10 Å². The van der Waals surface area contributed by atoms with Gasteiger partial charge in [0.2, 0.25) is 0 Å². The summed E-state index contributed by atoms with van der Waals surface area (Å²) in [6.07, 6.45) is 0.101. The zero-order valence-electron chi connectivity index (χ0n) is 20.0. The Balaban J connectivity index is 1.57. The average Bonchev–Trinajstić information content (AvgIpc) is 3.30. The number of likely N-dealkylation sites (N-methyl/N-ethyl adjacent to an activating group) is 1. The number of likely N-dealkylation sites (tertiary alicyclic amines) is 1. The first-order valence-electron chi connectivity index (χ1n) is 11.5. The smallest absolute Gasteiger partial charge is 0.251 e. The molecule has 0 spiro atoms. The van der Waals surface area contributed by atoms with Gasteiger partial charge >= 0.3 is 0 Å². The lowest BCUT2D eigenvalue weighted by atomic mass is 10.1. The molecule has 0 radical (unpaired) electrons. The van der Waals surface area contributed by atoms with Crippen LogP contribution in [0.2, 0.25) is 0 Å². The van der Waals surface area contributed by atoms with Crippen molar-refractivity contribution in [3.8, 4) is 11.8 Å². The molecule has 0 unspecified atom stereocenters. The molecule has 1 aliphatic rings. The Bertz CT molecular complexity index is 1040. The van der Waals surface area contributed by atoms with Crippen LogP contribution in [0.15, 0.2) is 48.5 Å². The standard InChI is InChI=1S/C27H33N3O4/c1-19(32)26(25(33)18-31)28-27(34)23-12-10-21(11-13-23)5-4-20-6-8-22(9-7-20)16-30-15-14-24(17-30)29(2)3/h6-13,19,24,26,31-32H,14-18H2,1-3H3,(H,28,34)/t19-,24+,26+/m1/s1. The molecule has 2 aromatic carbocycles. The number of carbonyl (C=O) groups is 2. The highest BCUT2D eigenvalue weighted by Gasteiger charge is 2.25. The Hall–Kier alpha value is -3.02. The summed E-state index contributed by atoms with van der Waals surface area (Å²) in [5, 5.41) is 21.1. The lowest BCUT2D eigenvalue weighted by Crippen LogP contribution is -2.48. The number of hydrogen-bond donors (Lipinski definition) is 3. The van der Waals surface area contributed by atoms with Crippen LogP contribution in [0.25, 0.3) is 0 Å². The number of nitrogens with one attached hydrogen (secondary N) is 1. The second kappa shape index (κ2) is 11.9. The highest BCUT2D eigenvalue weighted by Crippen LogP contribution is 2.16. The van der Waals surface area contributed by atoms with Gasteiger partial charge in [-0.15, -0.1) is 0 Å². The summed E-state index contributed by atoms with van der Waals surface area (Å²) in [4.78, 5) is 28.8. The van der Waals surface area contributed by atoms with E-state index in [-0.39, 0.29) is 0 Å². The predicted octanol–water partition coefficient (Wildman–Crippen LogP) is 1.26. The molecule has 3 rings (SSSR count). The number of Topliss-reactive ketones (excluding diaryl/α,β-unsaturated/α-hetero) is 1. The summed E-state index contributed by atoms with van der Waals surface area (Å²) >= 11 is 0. The summed E-state index contributed by atoms with van der Waals surface area (Å²) in [6.45, 7) is 3.80. The number of rotatable bonds is 8. The van der Waals surface area contributed by atoms with E-state index in [1.54, 1.807) is 24.3 Å². The largest absolute Gasteiger partial charge is 0.391 e. The Morgan fingerprint density at radius 2 is 1.68 bits per heavy atom. The first kappa shape index (κ1) is 25.6. The Kier molecular flexibility index (Phi) is 8.97. The van der Waals surface area contributed by atoms with E-state index < -0.39 is 30.4 Å². The number of amides is 1. The van der Waals surface area contributed by atoms with E-state index in [2.05, 4.69) is 53.2 Å². The van der Waals surface area contributed by atoms with Crippen LogP contribution in [0.3, 0.4) is 0 Å². The Morgan fingerprint density at radius 1 is 1.09 bits per heavy atom. The van der Waals surface area contributed by atoms with Gasteiger partial charge in [0.25, 0.3) is 5.91 Å². The summed E-state index contributed by atoms with van der Waals surface area (Å²) in [6, 6.07) is 14.5. The lowest BCUT2D eigenvalue weighted by Gasteiger charge is -2.20. The van der Waals surface area contributed by atoms with Gasteiger partial charge in [-0.25, -0.2) is 0 Å². The molecule has 34 heavy (non-hydrogen) atoms. The van der Waals surface area contributed by atoms with Gasteiger partial charge in [-0.1, -0.05) is 24.0 Å². The van der Waals surface area contributed by atoms with Gasteiger partial charge in [-0.05, 0) is 69.4 Å². The monoisotopic (exact) mass is 463 g/mol. The van der Waals surface area contributed by atoms with Crippen LogP contribution in [-0.4, -0.2) is 83.7 Å². The maximum Gasteiger partial charge on any atom is 0.251 e. The van der Waals surface area contributed by atoms with E-state index in [4.69, 9.17) is 5.11 Å². The fourth-order valence-electron chi connectivity index (χ4n) is 3.97. The summed E-state index contributed by atoms with van der Waals surface area (Å²) in [5.74, 6) is 5.10. The molecule has 0 aromatic heterocycles. The van der Waals surface area contributed by atoms with Crippen LogP contribution >= 0.6 is 0 Å². The van der Waals surface area contributed by atoms with E-state index in [1.165, 1.54) is 18.9 Å². The van der Waals surface area contributed by atoms with Gasteiger partial charge in [0.15, 0.2) is 5.78 Å². The molecule has 0 aliphatic carbocycles. The number of ketones is 1. The van der Waals surface area contributed by atoms with Crippen molar-refractivity contribution in [2.45, 2.75) is 38.1 Å². The molecule has 0 bridgehead atoms. The van der Waals surface area contributed by atoms with Gasteiger partial charge in [0.1, 0.15) is 12.6 Å². The summed E-state index contributed by atoms with van der Waals surface area (Å²) in [7, 11) is 4.27. The molecule has 180 valence electrons. The van der Waals surface area contributed by atoms with Crippen molar-refractivity contribution < 1.29 is 19.8 Å².